The van der Waals surface area contributed by atoms with Crippen LogP contribution in [0, 0.1) is 23.0 Å². The third-order valence-corrected chi connectivity index (χ3v) is 2.57. The fraction of sp³-hybridized carbons (Fsp3) is 0.250. The summed E-state index contributed by atoms with van der Waals surface area (Å²) in [6.45, 7) is 2.81. The highest BCUT2D eigenvalue weighted by Gasteiger charge is 2.26. The minimum Gasteiger partial charge on any atom is -0.481 e. The molecule has 0 fully saturated rings. The number of carboxylic acids is 2. The van der Waals surface area contributed by atoms with Gasteiger partial charge in [-0.1, -0.05) is 6.07 Å². The number of carbonyl (C=O) groups is 2. The predicted molar refractivity (Wildman–Crippen MR) is 69.4 cm³/mol. The molecule has 0 radical (unpaired) electrons. The number of aryl methyl sites for hydroxylation is 1. The van der Waals surface area contributed by atoms with Gasteiger partial charge in [-0.25, -0.2) is 9.79 Å². The van der Waals surface area contributed by atoms with Crippen molar-refractivity contribution in [2.24, 2.45) is 10.9 Å². The van der Waals surface area contributed by atoms with E-state index >= 15 is 0 Å². The molecular formula is C12H12N2O6. The van der Waals surface area contributed by atoms with Crippen LogP contribution in [0.5, 0.6) is 0 Å². The number of hydrogen-bond donors (Lipinski definition) is 2. The zero-order valence-corrected chi connectivity index (χ0v) is 10.7. The van der Waals surface area contributed by atoms with Crippen molar-refractivity contribution in [3.8, 4) is 0 Å². The Kier molecular flexibility index (Phi) is 4.52. The number of rotatable bonds is 5. The van der Waals surface area contributed by atoms with Gasteiger partial charge in [-0.3, -0.25) is 14.9 Å². The van der Waals surface area contributed by atoms with Crippen LogP contribution in [0.15, 0.2) is 23.2 Å². The molecule has 2 N–H and O–H groups in total. The maximum absolute atomic E-state index is 11.1. The molecule has 1 aromatic rings. The standard InChI is InChI=1S/C12H12N2O6/c1-6-3-4-9(14(19)20)8(5-6)13-10(12(17)18)7(2)11(15)16/h3-5,7H,1-2H3,(H,15,16)(H,17,18). The molecule has 20 heavy (non-hydrogen) atoms. The first-order valence-corrected chi connectivity index (χ1v) is 5.53. The largest absolute Gasteiger partial charge is 0.481 e. The van der Waals surface area contributed by atoms with Crippen molar-refractivity contribution >= 4 is 29.0 Å². The summed E-state index contributed by atoms with van der Waals surface area (Å²) in [5.41, 5.74) is -0.583. The Labute approximate surface area is 113 Å². The average molecular weight is 280 g/mol. The second-order valence-corrected chi connectivity index (χ2v) is 4.11. The summed E-state index contributed by atoms with van der Waals surface area (Å²) >= 11 is 0. The van der Waals surface area contributed by atoms with Crippen LogP contribution in [0.4, 0.5) is 11.4 Å². The quantitative estimate of drug-likeness (QED) is 0.480. The Hall–Kier alpha value is -2.77. The van der Waals surface area contributed by atoms with Crippen LogP contribution in [-0.4, -0.2) is 32.8 Å². The van der Waals surface area contributed by atoms with Gasteiger partial charge in [0.15, 0.2) is 0 Å². The van der Waals surface area contributed by atoms with E-state index < -0.39 is 28.5 Å². The van der Waals surface area contributed by atoms with Gasteiger partial charge in [0.1, 0.15) is 17.3 Å². The summed E-state index contributed by atoms with van der Waals surface area (Å²) in [5, 5.41) is 28.7. The average Bonchev–Trinajstić information content (AvgIpc) is 2.34. The molecule has 8 heteroatoms. The van der Waals surface area contributed by atoms with Crippen LogP contribution < -0.4 is 0 Å². The van der Waals surface area contributed by atoms with Gasteiger partial charge in [-0.05, 0) is 25.5 Å². The number of nitro groups is 1. The van der Waals surface area contributed by atoms with Crippen molar-refractivity contribution in [1.29, 1.82) is 0 Å². The minimum absolute atomic E-state index is 0.180. The number of benzene rings is 1. The Balaban J connectivity index is 3.44. The number of hydrogen-bond acceptors (Lipinski definition) is 5. The first kappa shape index (κ1) is 15.3. The minimum atomic E-state index is -1.53. The SMILES string of the molecule is Cc1ccc([N+](=O)[O-])c(N=C(C(=O)O)C(C)C(=O)O)c1. The van der Waals surface area contributed by atoms with Crippen molar-refractivity contribution in [2.45, 2.75) is 13.8 Å². The fourth-order valence-electron chi connectivity index (χ4n) is 1.45. The van der Waals surface area contributed by atoms with Crippen molar-refractivity contribution in [3.05, 3.63) is 33.9 Å². The summed E-state index contributed by atoms with van der Waals surface area (Å²) in [4.78, 5) is 35.7. The highest BCUT2D eigenvalue weighted by atomic mass is 16.6. The topological polar surface area (TPSA) is 130 Å². The Morgan fingerprint density at radius 2 is 1.95 bits per heavy atom. The van der Waals surface area contributed by atoms with Gasteiger partial charge in [0.25, 0.3) is 5.69 Å². The van der Waals surface area contributed by atoms with Crippen molar-refractivity contribution in [1.82, 2.24) is 0 Å². The van der Waals surface area contributed by atoms with Crippen LogP contribution in [0.1, 0.15) is 12.5 Å². The van der Waals surface area contributed by atoms with Crippen LogP contribution in [0.25, 0.3) is 0 Å². The first-order chi connectivity index (χ1) is 9.23. The van der Waals surface area contributed by atoms with Crippen molar-refractivity contribution in [3.63, 3.8) is 0 Å². The molecule has 0 amide bonds. The number of aliphatic imine (C=N–C) groups is 1. The second kappa shape index (κ2) is 5.91. The highest BCUT2D eigenvalue weighted by molar-refractivity contribution is 6.40. The van der Waals surface area contributed by atoms with Crippen molar-refractivity contribution in [2.75, 3.05) is 0 Å². The smallest absolute Gasteiger partial charge is 0.351 e. The summed E-state index contributed by atoms with van der Waals surface area (Å²) in [5.74, 6) is -4.29. The Morgan fingerprint density at radius 3 is 2.40 bits per heavy atom. The van der Waals surface area contributed by atoms with Crippen LogP contribution in [0.3, 0.4) is 0 Å². The van der Waals surface area contributed by atoms with Crippen LogP contribution >= 0.6 is 0 Å². The van der Waals surface area contributed by atoms with Gasteiger partial charge in [-0.15, -0.1) is 0 Å². The molecule has 106 valence electrons. The number of aliphatic carboxylic acids is 2. The zero-order chi connectivity index (χ0) is 15.4. The third-order valence-electron chi connectivity index (χ3n) is 2.57. The van der Waals surface area contributed by atoms with E-state index in [2.05, 4.69) is 4.99 Å². The number of carboxylic acid groups (broad SMARTS) is 2. The maximum Gasteiger partial charge on any atom is 0.351 e. The molecule has 8 nitrogen and oxygen atoms in total. The molecule has 0 aliphatic carbocycles. The molecule has 0 saturated heterocycles. The lowest BCUT2D eigenvalue weighted by Gasteiger charge is -2.07. The fourth-order valence-corrected chi connectivity index (χ4v) is 1.45. The maximum atomic E-state index is 11.1. The van der Waals surface area contributed by atoms with E-state index in [-0.39, 0.29) is 11.4 Å². The van der Waals surface area contributed by atoms with E-state index in [1.165, 1.54) is 18.2 Å². The van der Waals surface area contributed by atoms with E-state index in [9.17, 15) is 19.7 Å². The second-order valence-electron chi connectivity index (χ2n) is 4.11. The Bertz CT molecular complexity index is 608. The predicted octanol–water partition coefficient (Wildman–Crippen LogP) is 1.78. The van der Waals surface area contributed by atoms with Gasteiger partial charge in [0.05, 0.1) is 4.92 Å². The molecule has 0 aliphatic heterocycles. The van der Waals surface area contributed by atoms with E-state index in [0.717, 1.165) is 6.92 Å². The molecule has 0 aliphatic rings. The van der Waals surface area contributed by atoms with Gasteiger partial charge in [0, 0.05) is 6.07 Å². The molecule has 0 heterocycles. The lowest BCUT2D eigenvalue weighted by atomic mass is 10.1. The first-order valence-electron chi connectivity index (χ1n) is 5.53. The number of nitrogens with zero attached hydrogens (tertiary/aromatic N) is 2. The van der Waals surface area contributed by atoms with Crippen LogP contribution in [0.2, 0.25) is 0 Å². The normalized spacial score (nSPS) is 12.8. The molecular weight excluding hydrogens is 268 g/mol. The third kappa shape index (κ3) is 3.37. The zero-order valence-electron chi connectivity index (χ0n) is 10.7. The summed E-state index contributed by atoms with van der Waals surface area (Å²) in [6.07, 6.45) is 0. The monoisotopic (exact) mass is 280 g/mol. The molecule has 1 atom stereocenters. The van der Waals surface area contributed by atoms with Gasteiger partial charge in [-0.2, -0.15) is 0 Å². The summed E-state index contributed by atoms with van der Waals surface area (Å²) in [7, 11) is 0. The molecule has 1 unspecified atom stereocenters. The lowest BCUT2D eigenvalue weighted by Crippen LogP contribution is -2.27. The molecule has 0 aromatic heterocycles. The summed E-state index contributed by atoms with van der Waals surface area (Å²) < 4.78 is 0. The molecule has 0 saturated carbocycles. The summed E-state index contributed by atoms with van der Waals surface area (Å²) in [6, 6.07) is 4.01. The van der Waals surface area contributed by atoms with Gasteiger partial charge < -0.3 is 10.2 Å². The van der Waals surface area contributed by atoms with Gasteiger partial charge >= 0.3 is 11.9 Å². The van der Waals surface area contributed by atoms with Gasteiger partial charge in [0.2, 0.25) is 0 Å². The van der Waals surface area contributed by atoms with Crippen LogP contribution in [-0.2, 0) is 9.59 Å². The highest BCUT2D eigenvalue weighted by Crippen LogP contribution is 2.29. The van der Waals surface area contributed by atoms with E-state index in [1.807, 2.05) is 0 Å². The van der Waals surface area contributed by atoms with Crippen molar-refractivity contribution < 1.29 is 24.7 Å². The molecule has 0 bridgehead atoms. The molecule has 1 aromatic carbocycles. The van der Waals surface area contributed by atoms with E-state index in [1.54, 1.807) is 6.92 Å². The Morgan fingerprint density at radius 1 is 1.35 bits per heavy atom. The van der Waals surface area contributed by atoms with E-state index in [4.69, 9.17) is 10.2 Å². The van der Waals surface area contributed by atoms with E-state index in [0.29, 0.717) is 5.56 Å². The lowest BCUT2D eigenvalue weighted by molar-refractivity contribution is -0.384. The molecule has 1 rings (SSSR count). The molecule has 0 spiro atoms. The number of nitro benzene ring substituents is 1.